The Morgan fingerprint density at radius 3 is 2.61 bits per heavy atom. The number of rotatable bonds is 1. The predicted octanol–water partition coefficient (Wildman–Crippen LogP) is 3.89. The molecule has 3 heterocycles. The molecule has 0 bridgehead atoms. The van der Waals surface area contributed by atoms with Crippen LogP contribution >= 0.6 is 11.6 Å². The third-order valence-electron chi connectivity index (χ3n) is 4.63. The van der Waals surface area contributed by atoms with E-state index in [1.54, 1.807) is 11.1 Å². The number of hydrogen-bond donors (Lipinski definition) is 0. The number of anilines is 1. The number of fused-ring (bicyclic) bond motifs is 3. The van der Waals surface area contributed by atoms with Crippen LogP contribution in [0.25, 0.3) is 21.8 Å². The van der Waals surface area contributed by atoms with E-state index in [2.05, 4.69) is 14.9 Å². The van der Waals surface area contributed by atoms with Gasteiger partial charge in [-0.15, -0.1) is 0 Å². The number of nitrogens with zero attached hydrogens (tertiary/aromatic N) is 5. The van der Waals surface area contributed by atoms with Gasteiger partial charge in [0.1, 0.15) is 17.4 Å². The molecule has 28 heavy (non-hydrogen) atoms. The smallest absolute Gasteiger partial charge is 0.410 e. The second kappa shape index (κ2) is 7.05. The van der Waals surface area contributed by atoms with Gasteiger partial charge < -0.3 is 14.5 Å². The van der Waals surface area contributed by atoms with Gasteiger partial charge in [0, 0.05) is 48.2 Å². The lowest BCUT2D eigenvalue weighted by atomic mass is 10.1. The van der Waals surface area contributed by atoms with Gasteiger partial charge in [-0.3, -0.25) is 0 Å². The highest BCUT2D eigenvalue weighted by Crippen LogP contribution is 2.31. The van der Waals surface area contributed by atoms with E-state index in [4.69, 9.17) is 21.3 Å². The molecule has 0 saturated carbocycles. The summed E-state index contributed by atoms with van der Waals surface area (Å²) in [5.41, 5.74) is 1.13. The maximum Gasteiger partial charge on any atom is 0.410 e. The molecule has 0 aliphatic carbocycles. The van der Waals surface area contributed by atoms with Gasteiger partial charge >= 0.3 is 6.09 Å². The van der Waals surface area contributed by atoms with Crippen LogP contribution in [0.5, 0.6) is 0 Å². The second-order valence-corrected chi connectivity index (χ2v) is 8.27. The van der Waals surface area contributed by atoms with Crippen molar-refractivity contribution in [1.82, 2.24) is 19.9 Å². The summed E-state index contributed by atoms with van der Waals surface area (Å²) < 4.78 is 5.48. The van der Waals surface area contributed by atoms with E-state index in [9.17, 15) is 4.79 Å². The van der Waals surface area contributed by atoms with Gasteiger partial charge in [0.2, 0.25) is 0 Å². The van der Waals surface area contributed by atoms with Crippen LogP contribution in [0, 0.1) is 0 Å². The minimum absolute atomic E-state index is 0.277. The highest BCUT2D eigenvalue weighted by Gasteiger charge is 2.27. The third kappa shape index (κ3) is 3.67. The summed E-state index contributed by atoms with van der Waals surface area (Å²) in [5.74, 6) is 0.802. The lowest BCUT2D eigenvalue weighted by Crippen LogP contribution is -2.50. The molecule has 7 nitrogen and oxygen atoms in total. The summed E-state index contributed by atoms with van der Waals surface area (Å²) in [6.07, 6.45) is 3.05. The molecule has 0 spiro atoms. The van der Waals surface area contributed by atoms with E-state index < -0.39 is 5.60 Å². The molecule has 1 aliphatic rings. The van der Waals surface area contributed by atoms with Crippen molar-refractivity contribution in [2.45, 2.75) is 26.4 Å². The topological polar surface area (TPSA) is 71.5 Å². The summed E-state index contributed by atoms with van der Waals surface area (Å²) in [6.45, 7) is 8.08. The summed E-state index contributed by atoms with van der Waals surface area (Å²) in [7, 11) is 0. The molecule has 1 fully saturated rings. The fourth-order valence-corrected chi connectivity index (χ4v) is 3.51. The molecule has 146 valence electrons. The third-order valence-corrected chi connectivity index (χ3v) is 4.87. The first-order valence-electron chi connectivity index (χ1n) is 9.24. The zero-order chi connectivity index (χ0) is 19.9. The average molecular weight is 400 g/mol. The first kappa shape index (κ1) is 18.7. The van der Waals surface area contributed by atoms with E-state index in [1.807, 2.05) is 39.0 Å². The van der Waals surface area contributed by atoms with Gasteiger partial charge in [-0.2, -0.15) is 0 Å². The van der Waals surface area contributed by atoms with Crippen LogP contribution in [0.4, 0.5) is 10.6 Å². The molecule has 1 aliphatic heterocycles. The molecule has 0 radical (unpaired) electrons. The molecule has 1 aromatic carbocycles. The SMILES string of the molecule is CC(C)(C)OC(=O)N1CCN(c2nc3ccc(Cl)cc3c3cncnc23)CC1. The Morgan fingerprint density at radius 1 is 1.14 bits per heavy atom. The largest absolute Gasteiger partial charge is 0.444 e. The Bertz CT molecular complexity index is 1040. The first-order chi connectivity index (χ1) is 13.3. The second-order valence-electron chi connectivity index (χ2n) is 7.84. The van der Waals surface area contributed by atoms with Crippen LogP contribution in [-0.4, -0.2) is 57.7 Å². The minimum atomic E-state index is -0.498. The molecule has 1 amide bonds. The summed E-state index contributed by atoms with van der Waals surface area (Å²) in [5, 5.41) is 2.50. The Kier molecular flexibility index (Phi) is 4.71. The van der Waals surface area contributed by atoms with Gasteiger partial charge in [0.25, 0.3) is 0 Å². The van der Waals surface area contributed by atoms with Gasteiger partial charge in [0.15, 0.2) is 5.82 Å². The Balaban J connectivity index is 1.63. The van der Waals surface area contributed by atoms with Crippen molar-refractivity contribution in [3.05, 3.63) is 35.7 Å². The van der Waals surface area contributed by atoms with Crippen LogP contribution in [0.2, 0.25) is 5.02 Å². The maximum atomic E-state index is 12.3. The molecule has 2 aromatic heterocycles. The quantitative estimate of drug-likeness (QED) is 0.578. The lowest BCUT2D eigenvalue weighted by Gasteiger charge is -2.36. The fraction of sp³-hybridized carbons (Fsp3) is 0.400. The number of piperazine rings is 1. The predicted molar refractivity (Wildman–Crippen MR) is 110 cm³/mol. The van der Waals surface area contributed by atoms with Crippen molar-refractivity contribution in [1.29, 1.82) is 0 Å². The van der Waals surface area contributed by atoms with E-state index in [-0.39, 0.29) is 6.09 Å². The molecule has 0 atom stereocenters. The Hall–Kier alpha value is -2.67. The van der Waals surface area contributed by atoms with Crippen molar-refractivity contribution in [2.24, 2.45) is 0 Å². The van der Waals surface area contributed by atoms with Crippen LogP contribution in [-0.2, 0) is 4.74 Å². The molecule has 0 N–H and O–H groups in total. The number of hydrogen-bond acceptors (Lipinski definition) is 6. The van der Waals surface area contributed by atoms with Crippen molar-refractivity contribution in [2.75, 3.05) is 31.1 Å². The molecule has 0 unspecified atom stereocenters. The number of aromatic nitrogens is 3. The number of carbonyl (C=O) groups is 1. The highest BCUT2D eigenvalue weighted by molar-refractivity contribution is 6.31. The molecule has 3 aromatic rings. The van der Waals surface area contributed by atoms with Gasteiger partial charge in [-0.05, 0) is 39.0 Å². The summed E-state index contributed by atoms with van der Waals surface area (Å²) in [4.78, 5) is 29.7. The fourth-order valence-electron chi connectivity index (χ4n) is 3.34. The van der Waals surface area contributed by atoms with Crippen LogP contribution in [0.3, 0.4) is 0 Å². The standard InChI is InChI=1S/C20H22ClN5O2/c1-20(2,3)28-19(27)26-8-6-25(7-9-26)18-17-15(11-22-12-23-17)14-10-13(21)4-5-16(14)24-18/h4-5,10-12H,6-9H2,1-3H3. The van der Waals surface area contributed by atoms with Gasteiger partial charge in [-0.1, -0.05) is 11.6 Å². The van der Waals surface area contributed by atoms with E-state index in [0.29, 0.717) is 31.2 Å². The lowest BCUT2D eigenvalue weighted by molar-refractivity contribution is 0.0240. The minimum Gasteiger partial charge on any atom is -0.444 e. The maximum absolute atomic E-state index is 12.3. The molecule has 8 heteroatoms. The Morgan fingerprint density at radius 2 is 1.89 bits per heavy atom. The highest BCUT2D eigenvalue weighted by atomic mass is 35.5. The van der Waals surface area contributed by atoms with Crippen molar-refractivity contribution in [3.63, 3.8) is 0 Å². The monoisotopic (exact) mass is 399 g/mol. The Labute approximate surface area is 168 Å². The van der Waals surface area contributed by atoms with Crippen molar-refractivity contribution < 1.29 is 9.53 Å². The molecule has 4 rings (SSSR count). The number of pyridine rings is 1. The summed E-state index contributed by atoms with van der Waals surface area (Å²) >= 11 is 6.17. The number of carbonyl (C=O) groups excluding carboxylic acids is 1. The van der Waals surface area contributed by atoms with E-state index in [0.717, 1.165) is 27.6 Å². The zero-order valence-electron chi connectivity index (χ0n) is 16.1. The number of ether oxygens (including phenoxy) is 1. The van der Waals surface area contributed by atoms with Crippen LogP contribution < -0.4 is 4.90 Å². The average Bonchev–Trinajstić information content (AvgIpc) is 2.66. The van der Waals surface area contributed by atoms with E-state index >= 15 is 0 Å². The molecular formula is C20H22ClN5O2. The van der Waals surface area contributed by atoms with E-state index in [1.165, 1.54) is 6.33 Å². The number of halogens is 1. The molecular weight excluding hydrogens is 378 g/mol. The molecule has 1 saturated heterocycles. The summed E-state index contributed by atoms with van der Waals surface area (Å²) in [6, 6.07) is 5.63. The van der Waals surface area contributed by atoms with Gasteiger partial charge in [0.05, 0.1) is 5.52 Å². The normalized spacial score (nSPS) is 15.3. The van der Waals surface area contributed by atoms with Crippen molar-refractivity contribution >= 4 is 45.3 Å². The zero-order valence-corrected chi connectivity index (χ0v) is 16.9. The number of benzene rings is 1. The first-order valence-corrected chi connectivity index (χ1v) is 9.61. The van der Waals surface area contributed by atoms with Crippen LogP contribution in [0.1, 0.15) is 20.8 Å². The van der Waals surface area contributed by atoms with Gasteiger partial charge in [-0.25, -0.2) is 19.7 Å². The number of amides is 1. The van der Waals surface area contributed by atoms with Crippen LogP contribution in [0.15, 0.2) is 30.7 Å². The van der Waals surface area contributed by atoms with Crippen molar-refractivity contribution in [3.8, 4) is 0 Å².